The molecule has 0 saturated heterocycles. The molecule has 0 unspecified atom stereocenters. The fourth-order valence-electron chi connectivity index (χ4n) is 3.21. The predicted octanol–water partition coefficient (Wildman–Crippen LogP) is 4.10. The van der Waals surface area contributed by atoms with Crippen LogP contribution in [0.4, 0.5) is 5.69 Å². The van der Waals surface area contributed by atoms with E-state index in [0.29, 0.717) is 17.9 Å². The molecule has 0 fully saturated rings. The van der Waals surface area contributed by atoms with Crippen molar-refractivity contribution in [1.82, 2.24) is 10.9 Å². The van der Waals surface area contributed by atoms with E-state index in [4.69, 9.17) is 4.74 Å². The maximum absolute atomic E-state index is 12.3. The third-order valence-corrected chi connectivity index (χ3v) is 5.18. The minimum Gasteiger partial charge on any atom is -0.493 e. The van der Waals surface area contributed by atoms with Crippen molar-refractivity contribution in [3.63, 3.8) is 0 Å². The highest BCUT2D eigenvalue weighted by atomic mass is 16.5. The lowest BCUT2D eigenvalue weighted by molar-refractivity contribution is -0.124. The summed E-state index contributed by atoms with van der Waals surface area (Å²) in [6, 6.07) is 22.5. The van der Waals surface area contributed by atoms with Crippen LogP contribution in [-0.4, -0.2) is 24.3 Å². The third kappa shape index (κ3) is 7.78. The zero-order chi connectivity index (χ0) is 24.3. The molecule has 3 aromatic rings. The molecule has 0 bridgehead atoms. The molecule has 0 aromatic heterocycles. The van der Waals surface area contributed by atoms with Crippen LogP contribution < -0.4 is 20.9 Å². The molecule has 3 aromatic carbocycles. The van der Waals surface area contributed by atoms with E-state index < -0.39 is 11.8 Å². The highest BCUT2D eigenvalue weighted by Crippen LogP contribution is 2.17. The molecule has 0 saturated carbocycles. The lowest BCUT2D eigenvalue weighted by atomic mass is 10.1. The van der Waals surface area contributed by atoms with E-state index >= 15 is 0 Å². The van der Waals surface area contributed by atoms with Gasteiger partial charge in [-0.05, 0) is 60.9 Å². The van der Waals surface area contributed by atoms with Gasteiger partial charge in [-0.2, -0.15) is 0 Å². The average Bonchev–Trinajstić information content (AvgIpc) is 2.84. The van der Waals surface area contributed by atoms with E-state index in [0.717, 1.165) is 23.2 Å². The Labute approximate surface area is 199 Å². The Morgan fingerprint density at radius 3 is 2.24 bits per heavy atom. The molecular formula is C27H29N3O4. The molecule has 7 heteroatoms. The number of hydrogen-bond acceptors (Lipinski definition) is 4. The number of hydrogen-bond donors (Lipinski definition) is 3. The van der Waals surface area contributed by atoms with Gasteiger partial charge in [0.05, 0.1) is 6.61 Å². The molecule has 176 valence electrons. The smallest absolute Gasteiger partial charge is 0.269 e. The zero-order valence-electron chi connectivity index (χ0n) is 19.4. The molecular weight excluding hydrogens is 430 g/mol. The monoisotopic (exact) mass is 459 g/mol. The van der Waals surface area contributed by atoms with Crippen LogP contribution in [0.5, 0.6) is 5.75 Å². The van der Waals surface area contributed by atoms with E-state index in [9.17, 15) is 14.4 Å². The van der Waals surface area contributed by atoms with Gasteiger partial charge in [-0.15, -0.1) is 0 Å². The topological polar surface area (TPSA) is 96.5 Å². The van der Waals surface area contributed by atoms with Gasteiger partial charge in [0.1, 0.15) is 5.75 Å². The van der Waals surface area contributed by atoms with Gasteiger partial charge >= 0.3 is 0 Å². The molecule has 0 aliphatic carbocycles. The van der Waals surface area contributed by atoms with Crippen LogP contribution >= 0.6 is 0 Å². The summed E-state index contributed by atoms with van der Waals surface area (Å²) < 4.78 is 5.71. The minimum atomic E-state index is -0.455. The van der Waals surface area contributed by atoms with Crippen LogP contribution in [0, 0.1) is 13.8 Å². The van der Waals surface area contributed by atoms with Crippen molar-refractivity contribution in [2.75, 3.05) is 11.9 Å². The first-order chi connectivity index (χ1) is 16.4. The molecule has 7 nitrogen and oxygen atoms in total. The van der Waals surface area contributed by atoms with Crippen molar-refractivity contribution in [3.05, 3.63) is 95.1 Å². The molecule has 0 spiro atoms. The molecule has 3 rings (SSSR count). The maximum Gasteiger partial charge on any atom is 0.269 e. The second-order valence-corrected chi connectivity index (χ2v) is 7.98. The van der Waals surface area contributed by atoms with Gasteiger partial charge in [0.15, 0.2) is 0 Å². The van der Waals surface area contributed by atoms with Gasteiger partial charge in [0, 0.05) is 30.5 Å². The Bertz CT molecular complexity index is 1130. The van der Waals surface area contributed by atoms with Crippen LogP contribution in [0.25, 0.3) is 0 Å². The minimum absolute atomic E-state index is 0.00407. The van der Waals surface area contributed by atoms with E-state index in [1.807, 2.05) is 62.4 Å². The van der Waals surface area contributed by atoms with Crippen LogP contribution in [0.15, 0.2) is 72.8 Å². The number of rotatable bonds is 9. The van der Waals surface area contributed by atoms with Crippen molar-refractivity contribution in [3.8, 4) is 5.75 Å². The molecule has 0 heterocycles. The Balaban J connectivity index is 1.36. The number of nitrogens with one attached hydrogen (secondary N) is 3. The fourth-order valence-corrected chi connectivity index (χ4v) is 3.21. The maximum atomic E-state index is 12.3. The standard InChI is InChI=1S/C27H29N3O4/c1-19-8-9-20(2)24(18-19)28-25(31)14-15-26(32)29-30-27(33)22-10-12-23(13-11-22)34-17-16-21-6-4-3-5-7-21/h3-13,18H,14-17H2,1-2H3,(H,28,31)(H,29,32)(H,30,33). The molecule has 3 amide bonds. The summed E-state index contributed by atoms with van der Waals surface area (Å²) in [5, 5.41) is 2.81. The van der Waals surface area contributed by atoms with E-state index in [2.05, 4.69) is 16.2 Å². The summed E-state index contributed by atoms with van der Waals surface area (Å²) in [6.07, 6.45) is 0.743. The number of aryl methyl sites for hydroxylation is 2. The zero-order valence-corrected chi connectivity index (χ0v) is 19.4. The number of hydrazine groups is 1. The first-order valence-corrected chi connectivity index (χ1v) is 11.1. The lowest BCUT2D eigenvalue weighted by Gasteiger charge is -2.10. The van der Waals surface area contributed by atoms with Gasteiger partial charge in [0.2, 0.25) is 11.8 Å². The summed E-state index contributed by atoms with van der Waals surface area (Å²) in [6.45, 7) is 4.38. The van der Waals surface area contributed by atoms with Crippen molar-refractivity contribution < 1.29 is 19.1 Å². The van der Waals surface area contributed by atoms with Gasteiger partial charge in [-0.25, -0.2) is 0 Å². The van der Waals surface area contributed by atoms with Crippen LogP contribution in [0.1, 0.15) is 39.9 Å². The first-order valence-electron chi connectivity index (χ1n) is 11.1. The first kappa shape index (κ1) is 24.5. The van der Waals surface area contributed by atoms with E-state index in [1.54, 1.807) is 24.3 Å². The third-order valence-electron chi connectivity index (χ3n) is 5.18. The molecule has 0 atom stereocenters. The van der Waals surface area contributed by atoms with Crippen LogP contribution in [0.3, 0.4) is 0 Å². The summed E-state index contributed by atoms with van der Waals surface area (Å²) in [5.41, 5.74) is 8.98. The van der Waals surface area contributed by atoms with Crippen molar-refractivity contribution in [1.29, 1.82) is 0 Å². The van der Waals surface area contributed by atoms with E-state index in [-0.39, 0.29) is 18.7 Å². The number of anilines is 1. The molecule has 3 N–H and O–H groups in total. The predicted molar refractivity (Wildman–Crippen MR) is 131 cm³/mol. The fraction of sp³-hybridized carbons (Fsp3) is 0.222. The van der Waals surface area contributed by atoms with Crippen molar-refractivity contribution >= 4 is 23.4 Å². The van der Waals surface area contributed by atoms with Gasteiger partial charge < -0.3 is 10.1 Å². The highest BCUT2D eigenvalue weighted by Gasteiger charge is 2.11. The van der Waals surface area contributed by atoms with Crippen molar-refractivity contribution in [2.24, 2.45) is 0 Å². The van der Waals surface area contributed by atoms with Gasteiger partial charge in [0.25, 0.3) is 5.91 Å². The Hall–Kier alpha value is -4.13. The summed E-state index contributed by atoms with van der Waals surface area (Å²) in [4.78, 5) is 36.4. The van der Waals surface area contributed by atoms with E-state index in [1.165, 1.54) is 5.56 Å². The average molecular weight is 460 g/mol. The number of ether oxygens (including phenoxy) is 1. The second kappa shape index (κ2) is 12.2. The van der Waals surface area contributed by atoms with Crippen LogP contribution in [0.2, 0.25) is 0 Å². The largest absolute Gasteiger partial charge is 0.493 e. The number of amides is 3. The van der Waals surface area contributed by atoms with Gasteiger partial charge in [-0.1, -0.05) is 42.5 Å². The molecule has 34 heavy (non-hydrogen) atoms. The number of benzene rings is 3. The molecule has 0 radical (unpaired) electrons. The number of carbonyl (C=O) groups excluding carboxylic acids is 3. The molecule has 0 aliphatic rings. The van der Waals surface area contributed by atoms with Crippen LogP contribution in [-0.2, 0) is 16.0 Å². The number of carbonyl (C=O) groups is 3. The normalized spacial score (nSPS) is 10.3. The second-order valence-electron chi connectivity index (χ2n) is 7.98. The Morgan fingerprint density at radius 2 is 1.50 bits per heavy atom. The van der Waals surface area contributed by atoms with Gasteiger partial charge in [-0.3, -0.25) is 25.2 Å². The SMILES string of the molecule is Cc1ccc(C)c(NC(=O)CCC(=O)NNC(=O)c2ccc(OCCc3ccccc3)cc2)c1. The summed E-state index contributed by atoms with van der Waals surface area (Å²) in [7, 11) is 0. The summed E-state index contributed by atoms with van der Waals surface area (Å²) in [5.74, 6) is -0.515. The summed E-state index contributed by atoms with van der Waals surface area (Å²) >= 11 is 0. The Morgan fingerprint density at radius 1 is 0.794 bits per heavy atom. The quantitative estimate of drug-likeness (QED) is 0.420. The highest BCUT2D eigenvalue weighted by molar-refractivity contribution is 5.96. The lowest BCUT2D eigenvalue weighted by Crippen LogP contribution is -2.41. The Kier molecular flexibility index (Phi) is 8.80. The van der Waals surface area contributed by atoms with Crippen molar-refractivity contribution in [2.45, 2.75) is 33.1 Å². The molecule has 0 aliphatic heterocycles.